The minimum absolute atomic E-state index is 0.00784. The summed E-state index contributed by atoms with van der Waals surface area (Å²) in [5.41, 5.74) is 1.61. The number of hydrogen-bond acceptors (Lipinski definition) is 6. The standard InChI is InChI=1S/C22H22N4O5S/c27-21(16-5-1-2-6-17(16)22(28)29)24-14-9-11-15(12-10-14)32(30,31)26-20-13-23-18-7-3-4-8-19(18)25-20/h3-4,7-13,16-17H,1-2,5-6H2,(H,24,27)(H,25,26)(H,28,29)/t16-,17+/m1/s1. The molecule has 0 bridgehead atoms. The molecule has 2 atom stereocenters. The molecule has 1 saturated carbocycles. The van der Waals surface area contributed by atoms with Crippen molar-refractivity contribution in [1.82, 2.24) is 9.97 Å². The summed E-state index contributed by atoms with van der Waals surface area (Å²) in [6.07, 6.45) is 3.95. The Kier molecular flexibility index (Phi) is 6.04. The number of nitrogens with zero attached hydrogens (tertiary/aromatic N) is 2. The second-order valence-corrected chi connectivity index (χ2v) is 9.38. The summed E-state index contributed by atoms with van der Waals surface area (Å²) in [5, 5.41) is 12.1. The van der Waals surface area contributed by atoms with Crippen molar-refractivity contribution in [2.75, 3.05) is 10.0 Å². The summed E-state index contributed by atoms with van der Waals surface area (Å²) in [7, 11) is -3.91. The van der Waals surface area contributed by atoms with E-state index in [-0.39, 0.29) is 16.6 Å². The van der Waals surface area contributed by atoms with Crippen molar-refractivity contribution in [2.45, 2.75) is 30.6 Å². The number of para-hydroxylation sites is 2. The van der Waals surface area contributed by atoms with Gasteiger partial charge in [-0.25, -0.2) is 13.4 Å². The lowest BCUT2D eigenvalue weighted by atomic mass is 9.78. The Morgan fingerprint density at radius 1 is 0.938 bits per heavy atom. The average molecular weight is 455 g/mol. The number of anilines is 2. The zero-order chi connectivity index (χ0) is 22.7. The molecule has 0 radical (unpaired) electrons. The van der Waals surface area contributed by atoms with Crippen molar-refractivity contribution in [3.8, 4) is 0 Å². The van der Waals surface area contributed by atoms with Crippen LogP contribution in [0.3, 0.4) is 0 Å². The summed E-state index contributed by atoms with van der Waals surface area (Å²) < 4.78 is 27.8. The van der Waals surface area contributed by atoms with E-state index in [4.69, 9.17) is 0 Å². The Morgan fingerprint density at radius 3 is 2.28 bits per heavy atom. The Bertz CT molecular complexity index is 1260. The number of carboxylic acids is 1. The number of amides is 1. The van der Waals surface area contributed by atoms with Gasteiger partial charge in [0.2, 0.25) is 5.91 Å². The predicted molar refractivity (Wildman–Crippen MR) is 119 cm³/mol. The number of benzene rings is 2. The number of hydrogen-bond donors (Lipinski definition) is 3. The molecule has 0 spiro atoms. The number of sulfonamides is 1. The van der Waals surface area contributed by atoms with Crippen LogP contribution >= 0.6 is 0 Å². The van der Waals surface area contributed by atoms with Gasteiger partial charge < -0.3 is 10.4 Å². The number of carbonyl (C=O) groups excluding carboxylic acids is 1. The Morgan fingerprint density at radius 2 is 1.59 bits per heavy atom. The highest BCUT2D eigenvalue weighted by atomic mass is 32.2. The van der Waals surface area contributed by atoms with Crippen LogP contribution in [0.2, 0.25) is 0 Å². The van der Waals surface area contributed by atoms with Gasteiger partial charge in [-0.15, -0.1) is 0 Å². The molecule has 32 heavy (non-hydrogen) atoms. The SMILES string of the molecule is O=C(O)[C@H]1CCCC[C@H]1C(=O)Nc1ccc(S(=O)(=O)Nc2cnc3ccccc3n2)cc1. The van der Waals surface area contributed by atoms with Crippen molar-refractivity contribution in [3.05, 3.63) is 54.7 Å². The molecule has 1 heterocycles. The molecular formula is C22H22N4O5S. The van der Waals surface area contributed by atoms with Gasteiger partial charge in [-0.05, 0) is 49.2 Å². The first kappa shape index (κ1) is 21.7. The van der Waals surface area contributed by atoms with Crippen molar-refractivity contribution in [3.63, 3.8) is 0 Å². The number of rotatable bonds is 6. The van der Waals surface area contributed by atoms with Crippen molar-refractivity contribution < 1.29 is 23.1 Å². The van der Waals surface area contributed by atoms with Gasteiger partial charge in [0.1, 0.15) is 0 Å². The van der Waals surface area contributed by atoms with E-state index in [2.05, 4.69) is 20.0 Å². The summed E-state index contributed by atoms with van der Waals surface area (Å²) in [6.45, 7) is 0. The first-order chi connectivity index (χ1) is 15.3. The maximum atomic E-state index is 12.7. The molecule has 1 aliphatic rings. The molecule has 9 nitrogen and oxygen atoms in total. The molecule has 1 fully saturated rings. The Labute approximate surface area is 185 Å². The number of aliphatic carboxylic acids is 1. The van der Waals surface area contributed by atoms with Crippen LogP contribution in [0.15, 0.2) is 59.6 Å². The van der Waals surface area contributed by atoms with Crippen LogP contribution in [0.25, 0.3) is 11.0 Å². The third-order valence-electron chi connectivity index (χ3n) is 5.54. The molecule has 3 N–H and O–H groups in total. The normalized spacial score (nSPS) is 18.8. The second-order valence-electron chi connectivity index (χ2n) is 7.70. The first-order valence-electron chi connectivity index (χ1n) is 10.2. The van der Waals surface area contributed by atoms with Gasteiger partial charge in [0.15, 0.2) is 5.82 Å². The number of aromatic nitrogens is 2. The molecule has 1 aliphatic carbocycles. The number of carbonyl (C=O) groups is 2. The van der Waals surface area contributed by atoms with Crippen LogP contribution in [0.1, 0.15) is 25.7 Å². The van der Waals surface area contributed by atoms with Gasteiger partial charge in [0.25, 0.3) is 10.0 Å². The predicted octanol–water partition coefficient (Wildman–Crippen LogP) is 3.26. The van der Waals surface area contributed by atoms with Crippen LogP contribution in [-0.4, -0.2) is 35.4 Å². The van der Waals surface area contributed by atoms with Crippen LogP contribution in [0, 0.1) is 11.8 Å². The van der Waals surface area contributed by atoms with Crippen LogP contribution in [0.4, 0.5) is 11.5 Å². The fourth-order valence-electron chi connectivity index (χ4n) is 3.90. The summed E-state index contributed by atoms with van der Waals surface area (Å²) in [4.78, 5) is 32.5. The average Bonchev–Trinajstić information content (AvgIpc) is 2.79. The van der Waals surface area contributed by atoms with E-state index >= 15 is 0 Å². The highest BCUT2D eigenvalue weighted by molar-refractivity contribution is 7.92. The molecule has 0 aliphatic heterocycles. The quantitative estimate of drug-likeness (QED) is 0.519. The van der Waals surface area contributed by atoms with Gasteiger partial charge in [0, 0.05) is 5.69 Å². The van der Waals surface area contributed by atoms with E-state index in [1.165, 1.54) is 30.5 Å². The number of carboxylic acid groups (broad SMARTS) is 1. The maximum absolute atomic E-state index is 12.7. The lowest BCUT2D eigenvalue weighted by Gasteiger charge is -2.27. The molecule has 4 rings (SSSR count). The number of fused-ring (bicyclic) bond motifs is 1. The Hall–Kier alpha value is -3.53. The molecule has 10 heteroatoms. The molecular weight excluding hydrogens is 432 g/mol. The van der Waals surface area contributed by atoms with Crippen molar-refractivity contribution >= 4 is 44.4 Å². The molecule has 2 aromatic carbocycles. The van der Waals surface area contributed by atoms with Crippen LogP contribution in [-0.2, 0) is 19.6 Å². The fraction of sp³-hybridized carbons (Fsp3) is 0.273. The summed E-state index contributed by atoms with van der Waals surface area (Å²) in [6, 6.07) is 12.8. The second kappa shape index (κ2) is 8.91. The van der Waals surface area contributed by atoms with E-state index in [1.807, 2.05) is 6.07 Å². The first-order valence-corrected chi connectivity index (χ1v) is 11.7. The van der Waals surface area contributed by atoms with Gasteiger partial charge in [-0.3, -0.25) is 19.3 Å². The van der Waals surface area contributed by atoms with E-state index < -0.39 is 27.8 Å². The maximum Gasteiger partial charge on any atom is 0.307 e. The smallest absolute Gasteiger partial charge is 0.307 e. The van der Waals surface area contributed by atoms with Gasteiger partial charge in [-0.1, -0.05) is 25.0 Å². The highest BCUT2D eigenvalue weighted by Crippen LogP contribution is 2.31. The lowest BCUT2D eigenvalue weighted by Crippen LogP contribution is -2.36. The van der Waals surface area contributed by atoms with Gasteiger partial charge >= 0.3 is 5.97 Å². The Balaban J connectivity index is 1.46. The molecule has 1 aromatic heterocycles. The fourth-order valence-corrected chi connectivity index (χ4v) is 4.88. The topological polar surface area (TPSA) is 138 Å². The minimum atomic E-state index is -3.91. The third kappa shape index (κ3) is 4.70. The zero-order valence-corrected chi connectivity index (χ0v) is 17.9. The molecule has 3 aromatic rings. The molecule has 0 unspecified atom stereocenters. The molecule has 166 valence electrons. The zero-order valence-electron chi connectivity index (χ0n) is 17.1. The summed E-state index contributed by atoms with van der Waals surface area (Å²) >= 11 is 0. The summed E-state index contributed by atoms with van der Waals surface area (Å²) in [5.74, 6) is -2.53. The lowest BCUT2D eigenvalue weighted by molar-refractivity contribution is -0.147. The largest absolute Gasteiger partial charge is 0.481 e. The van der Waals surface area contributed by atoms with Gasteiger partial charge in [-0.2, -0.15) is 0 Å². The van der Waals surface area contributed by atoms with Crippen LogP contribution < -0.4 is 10.0 Å². The highest BCUT2D eigenvalue weighted by Gasteiger charge is 2.35. The van der Waals surface area contributed by atoms with Crippen molar-refractivity contribution in [1.29, 1.82) is 0 Å². The monoisotopic (exact) mass is 454 g/mol. The van der Waals surface area contributed by atoms with E-state index in [0.29, 0.717) is 29.6 Å². The number of nitrogens with one attached hydrogen (secondary N) is 2. The van der Waals surface area contributed by atoms with E-state index in [1.54, 1.807) is 18.2 Å². The van der Waals surface area contributed by atoms with E-state index in [9.17, 15) is 23.1 Å². The molecule has 1 amide bonds. The van der Waals surface area contributed by atoms with Gasteiger partial charge in [0.05, 0.1) is 34.0 Å². The molecule has 0 saturated heterocycles. The van der Waals surface area contributed by atoms with Crippen LogP contribution in [0.5, 0.6) is 0 Å². The third-order valence-corrected chi connectivity index (χ3v) is 6.91. The minimum Gasteiger partial charge on any atom is -0.481 e. The van der Waals surface area contributed by atoms with Crippen molar-refractivity contribution in [2.24, 2.45) is 11.8 Å². The van der Waals surface area contributed by atoms with E-state index in [0.717, 1.165) is 12.8 Å².